The van der Waals surface area contributed by atoms with Crippen molar-refractivity contribution in [2.75, 3.05) is 11.9 Å². The molecule has 0 saturated carbocycles. The predicted octanol–water partition coefficient (Wildman–Crippen LogP) is 4.33. The molecule has 0 aliphatic carbocycles. The molecule has 0 radical (unpaired) electrons. The van der Waals surface area contributed by atoms with Crippen molar-refractivity contribution in [3.8, 4) is 5.75 Å². The third-order valence-electron chi connectivity index (χ3n) is 4.28. The van der Waals surface area contributed by atoms with Gasteiger partial charge in [-0.15, -0.1) is 11.8 Å². The number of pyridine rings is 1. The minimum absolute atomic E-state index is 0.129. The zero-order chi connectivity index (χ0) is 17.9. The van der Waals surface area contributed by atoms with E-state index in [4.69, 9.17) is 4.74 Å². The zero-order valence-corrected chi connectivity index (χ0v) is 15.2. The van der Waals surface area contributed by atoms with Gasteiger partial charge in [0.2, 0.25) is 0 Å². The topological polar surface area (TPSA) is 56.1 Å². The average Bonchev–Trinajstić information content (AvgIpc) is 3.26. The standard InChI is InChI=1S/C20H19N3O2S/c1-2-25-16-7-3-5-14(11-16)19(24)22-17-8-10-23-18(17)13-26-20(23)15-6-4-9-21-12-15/h3-12,20H,2,13H2,1H3,(H,22,24). The first-order valence-corrected chi connectivity index (χ1v) is 9.56. The molecule has 0 bridgehead atoms. The van der Waals surface area contributed by atoms with Crippen LogP contribution in [0.2, 0.25) is 0 Å². The van der Waals surface area contributed by atoms with E-state index in [0.29, 0.717) is 17.9 Å². The first kappa shape index (κ1) is 16.7. The molecule has 0 fully saturated rings. The molecule has 132 valence electrons. The average molecular weight is 365 g/mol. The van der Waals surface area contributed by atoms with E-state index in [9.17, 15) is 4.79 Å². The summed E-state index contributed by atoms with van der Waals surface area (Å²) in [6.07, 6.45) is 5.70. The normalized spacial score (nSPS) is 15.5. The number of hydrogen-bond acceptors (Lipinski definition) is 4. The quantitative estimate of drug-likeness (QED) is 0.731. The summed E-state index contributed by atoms with van der Waals surface area (Å²) in [5, 5.41) is 3.24. The summed E-state index contributed by atoms with van der Waals surface area (Å²) in [6, 6.07) is 13.2. The molecule has 5 nitrogen and oxygen atoms in total. The molecule has 6 heteroatoms. The number of nitrogens with one attached hydrogen (secondary N) is 1. The number of thioether (sulfide) groups is 1. The third-order valence-corrected chi connectivity index (χ3v) is 5.54. The van der Waals surface area contributed by atoms with Crippen molar-refractivity contribution >= 4 is 23.4 Å². The number of amides is 1. The molecule has 3 aromatic rings. The minimum Gasteiger partial charge on any atom is -0.494 e. The Morgan fingerprint density at radius 3 is 3.08 bits per heavy atom. The minimum atomic E-state index is -0.129. The number of benzene rings is 1. The molecule has 26 heavy (non-hydrogen) atoms. The Hall–Kier alpha value is -2.73. The molecule has 1 N–H and O–H groups in total. The number of carbonyl (C=O) groups is 1. The third kappa shape index (κ3) is 3.20. The zero-order valence-electron chi connectivity index (χ0n) is 14.4. The van der Waals surface area contributed by atoms with Crippen molar-refractivity contribution < 1.29 is 9.53 Å². The van der Waals surface area contributed by atoms with Crippen molar-refractivity contribution in [1.82, 2.24) is 9.55 Å². The first-order valence-electron chi connectivity index (χ1n) is 8.51. The van der Waals surface area contributed by atoms with Crippen LogP contribution in [-0.2, 0) is 5.75 Å². The van der Waals surface area contributed by atoms with Gasteiger partial charge in [-0.25, -0.2) is 0 Å². The molecule has 0 saturated heterocycles. The van der Waals surface area contributed by atoms with E-state index in [-0.39, 0.29) is 11.3 Å². The number of rotatable bonds is 5. The Bertz CT molecular complexity index is 924. The Morgan fingerprint density at radius 2 is 2.27 bits per heavy atom. The molecule has 4 rings (SSSR count). The Balaban J connectivity index is 1.54. The summed E-state index contributed by atoms with van der Waals surface area (Å²) < 4.78 is 7.68. The molecule has 1 atom stereocenters. The van der Waals surface area contributed by atoms with Gasteiger partial charge in [-0.3, -0.25) is 9.78 Å². The summed E-state index contributed by atoms with van der Waals surface area (Å²) in [5.41, 5.74) is 3.73. The van der Waals surface area contributed by atoms with Gasteiger partial charge in [0.1, 0.15) is 11.1 Å². The lowest BCUT2D eigenvalue weighted by Gasteiger charge is -2.12. The van der Waals surface area contributed by atoms with Crippen LogP contribution in [0.1, 0.15) is 33.9 Å². The van der Waals surface area contributed by atoms with Gasteiger partial charge in [0.25, 0.3) is 5.91 Å². The highest BCUT2D eigenvalue weighted by atomic mass is 32.2. The van der Waals surface area contributed by atoms with E-state index in [2.05, 4.69) is 20.9 Å². The second-order valence-corrected chi connectivity index (χ2v) is 7.02. The largest absolute Gasteiger partial charge is 0.494 e. The fourth-order valence-electron chi connectivity index (χ4n) is 3.07. The Morgan fingerprint density at radius 1 is 1.35 bits per heavy atom. The molecule has 1 amide bonds. The predicted molar refractivity (Wildman–Crippen MR) is 104 cm³/mol. The van der Waals surface area contributed by atoms with Gasteiger partial charge >= 0.3 is 0 Å². The van der Waals surface area contributed by atoms with Crippen LogP contribution in [0.4, 0.5) is 5.69 Å². The summed E-state index contributed by atoms with van der Waals surface area (Å²) >= 11 is 1.83. The molecule has 1 unspecified atom stereocenters. The monoisotopic (exact) mass is 365 g/mol. The second-order valence-electron chi connectivity index (χ2n) is 5.95. The number of fused-ring (bicyclic) bond motifs is 1. The number of anilines is 1. The van der Waals surface area contributed by atoms with Gasteiger partial charge in [-0.1, -0.05) is 12.1 Å². The molecule has 1 aromatic carbocycles. The SMILES string of the molecule is CCOc1cccc(C(=O)Nc2ccn3c2CSC3c2cccnc2)c1. The van der Waals surface area contributed by atoms with Crippen LogP contribution in [0.5, 0.6) is 5.75 Å². The van der Waals surface area contributed by atoms with Crippen LogP contribution >= 0.6 is 11.8 Å². The highest BCUT2D eigenvalue weighted by molar-refractivity contribution is 7.99. The van der Waals surface area contributed by atoms with Crippen molar-refractivity contribution in [1.29, 1.82) is 0 Å². The first-order chi connectivity index (χ1) is 12.8. The van der Waals surface area contributed by atoms with Gasteiger partial charge in [-0.2, -0.15) is 0 Å². The van der Waals surface area contributed by atoms with Crippen molar-refractivity contribution in [2.45, 2.75) is 18.1 Å². The van der Waals surface area contributed by atoms with Gasteiger partial charge < -0.3 is 14.6 Å². The molecular weight excluding hydrogens is 346 g/mol. The van der Waals surface area contributed by atoms with Gasteiger partial charge in [0, 0.05) is 35.5 Å². The van der Waals surface area contributed by atoms with Gasteiger partial charge in [0.05, 0.1) is 18.0 Å². The van der Waals surface area contributed by atoms with Crippen LogP contribution < -0.4 is 10.1 Å². The summed E-state index contributed by atoms with van der Waals surface area (Å²) in [7, 11) is 0. The maximum atomic E-state index is 12.6. The van der Waals surface area contributed by atoms with E-state index in [1.165, 1.54) is 0 Å². The highest BCUT2D eigenvalue weighted by Gasteiger charge is 2.27. The van der Waals surface area contributed by atoms with E-state index in [1.807, 2.05) is 55.3 Å². The molecular formula is C20H19N3O2S. The lowest BCUT2D eigenvalue weighted by Crippen LogP contribution is -2.13. The van der Waals surface area contributed by atoms with Crippen LogP contribution in [0.15, 0.2) is 61.1 Å². The Kier molecular flexibility index (Phi) is 4.67. The van der Waals surface area contributed by atoms with E-state index in [0.717, 1.165) is 22.7 Å². The van der Waals surface area contributed by atoms with Crippen molar-refractivity contribution in [2.24, 2.45) is 0 Å². The Labute approximate surface area is 156 Å². The number of ether oxygens (including phenoxy) is 1. The summed E-state index contributed by atoms with van der Waals surface area (Å²) in [6.45, 7) is 2.50. The number of nitrogens with zero attached hydrogens (tertiary/aromatic N) is 2. The van der Waals surface area contributed by atoms with Crippen LogP contribution in [0.25, 0.3) is 0 Å². The van der Waals surface area contributed by atoms with E-state index >= 15 is 0 Å². The van der Waals surface area contributed by atoms with Gasteiger partial charge in [-0.05, 0) is 37.3 Å². The number of carbonyl (C=O) groups excluding carboxylic acids is 1. The number of hydrogen-bond donors (Lipinski definition) is 1. The maximum Gasteiger partial charge on any atom is 0.255 e. The van der Waals surface area contributed by atoms with E-state index < -0.39 is 0 Å². The number of aromatic nitrogens is 2. The lowest BCUT2D eigenvalue weighted by molar-refractivity contribution is 0.102. The smallest absolute Gasteiger partial charge is 0.255 e. The molecule has 1 aliphatic rings. The molecule has 0 spiro atoms. The highest BCUT2D eigenvalue weighted by Crippen LogP contribution is 2.43. The maximum absolute atomic E-state index is 12.6. The summed E-state index contributed by atoms with van der Waals surface area (Å²) in [5.74, 6) is 1.42. The molecule has 1 aliphatic heterocycles. The second kappa shape index (κ2) is 7.25. The molecule has 2 aromatic heterocycles. The fourth-order valence-corrected chi connectivity index (χ4v) is 4.38. The molecule has 3 heterocycles. The van der Waals surface area contributed by atoms with Crippen molar-refractivity contribution in [3.05, 3.63) is 77.9 Å². The van der Waals surface area contributed by atoms with Crippen LogP contribution in [0.3, 0.4) is 0 Å². The lowest BCUT2D eigenvalue weighted by atomic mass is 10.2. The van der Waals surface area contributed by atoms with Crippen molar-refractivity contribution in [3.63, 3.8) is 0 Å². The van der Waals surface area contributed by atoms with Gasteiger partial charge in [0.15, 0.2) is 0 Å². The van der Waals surface area contributed by atoms with Crippen LogP contribution in [0, 0.1) is 0 Å². The summed E-state index contributed by atoms with van der Waals surface area (Å²) in [4.78, 5) is 16.8. The fraction of sp³-hybridized carbons (Fsp3) is 0.200. The van der Waals surface area contributed by atoms with E-state index in [1.54, 1.807) is 18.3 Å². The van der Waals surface area contributed by atoms with Crippen LogP contribution in [-0.4, -0.2) is 22.1 Å².